The van der Waals surface area contributed by atoms with Crippen LogP contribution < -0.4 is 10.1 Å². The molecule has 0 amide bonds. The zero-order valence-corrected chi connectivity index (χ0v) is 13.2. The molecular formula is C17H22N2OS. The molecule has 0 spiro atoms. The van der Waals surface area contributed by atoms with Crippen LogP contribution in [0.25, 0.3) is 0 Å². The molecule has 2 heterocycles. The van der Waals surface area contributed by atoms with Crippen LogP contribution in [-0.2, 0) is 0 Å². The average molecular weight is 302 g/mol. The third kappa shape index (κ3) is 3.46. The van der Waals surface area contributed by atoms with Crippen LogP contribution in [0.2, 0.25) is 0 Å². The minimum absolute atomic E-state index is 0.364. The van der Waals surface area contributed by atoms with Crippen molar-refractivity contribution in [2.24, 2.45) is 0 Å². The zero-order valence-electron chi connectivity index (χ0n) is 12.4. The minimum atomic E-state index is 0.364. The van der Waals surface area contributed by atoms with Crippen LogP contribution in [0.4, 0.5) is 0 Å². The third-order valence-electron chi connectivity index (χ3n) is 3.84. The first kappa shape index (κ1) is 14.6. The van der Waals surface area contributed by atoms with Crippen LogP contribution in [0.15, 0.2) is 41.8 Å². The van der Waals surface area contributed by atoms with Crippen LogP contribution in [-0.4, -0.2) is 37.7 Å². The molecular weight excluding hydrogens is 280 g/mol. The topological polar surface area (TPSA) is 24.5 Å². The van der Waals surface area contributed by atoms with E-state index in [1.165, 1.54) is 10.4 Å². The lowest BCUT2D eigenvalue weighted by atomic mass is 10.0. The van der Waals surface area contributed by atoms with Gasteiger partial charge in [-0.2, -0.15) is 0 Å². The highest BCUT2D eigenvalue weighted by atomic mass is 32.1. The fourth-order valence-corrected chi connectivity index (χ4v) is 3.74. The van der Waals surface area contributed by atoms with Crippen molar-refractivity contribution in [3.63, 3.8) is 0 Å². The van der Waals surface area contributed by atoms with Gasteiger partial charge in [-0.3, -0.25) is 4.90 Å². The molecule has 1 aliphatic heterocycles. The Morgan fingerprint density at radius 1 is 1.19 bits per heavy atom. The summed E-state index contributed by atoms with van der Waals surface area (Å²) in [6.45, 7) is 7.05. The SMILES string of the molecule is CCOc1ccc(C(c2cccs2)N2CCNCC2)cc1. The summed E-state index contributed by atoms with van der Waals surface area (Å²) in [7, 11) is 0. The first-order valence-corrected chi connectivity index (χ1v) is 8.47. The van der Waals surface area contributed by atoms with E-state index in [1.54, 1.807) is 0 Å². The lowest BCUT2D eigenvalue weighted by Crippen LogP contribution is -2.45. The Bertz CT molecular complexity index is 532. The molecule has 2 aromatic rings. The molecule has 1 fully saturated rings. The molecule has 1 aliphatic rings. The molecule has 0 aliphatic carbocycles. The predicted octanol–water partition coefficient (Wildman–Crippen LogP) is 3.14. The van der Waals surface area contributed by atoms with Gasteiger partial charge in [-0.05, 0) is 36.1 Å². The van der Waals surface area contributed by atoms with E-state index < -0.39 is 0 Å². The van der Waals surface area contributed by atoms with E-state index in [4.69, 9.17) is 4.74 Å². The van der Waals surface area contributed by atoms with Gasteiger partial charge in [-0.1, -0.05) is 18.2 Å². The summed E-state index contributed by atoms with van der Waals surface area (Å²) in [5.74, 6) is 0.950. The fourth-order valence-electron chi connectivity index (χ4n) is 2.86. The Balaban J connectivity index is 1.87. The summed E-state index contributed by atoms with van der Waals surface area (Å²) in [6.07, 6.45) is 0. The number of thiophene rings is 1. The van der Waals surface area contributed by atoms with E-state index in [2.05, 4.69) is 52.0 Å². The number of nitrogens with zero attached hydrogens (tertiary/aromatic N) is 1. The Kier molecular flexibility index (Phi) is 4.91. The highest BCUT2D eigenvalue weighted by Crippen LogP contribution is 2.32. The van der Waals surface area contributed by atoms with Crippen LogP contribution >= 0.6 is 11.3 Å². The second kappa shape index (κ2) is 7.07. The van der Waals surface area contributed by atoms with Gasteiger partial charge < -0.3 is 10.1 Å². The summed E-state index contributed by atoms with van der Waals surface area (Å²) in [6, 6.07) is 13.3. The molecule has 4 heteroatoms. The van der Waals surface area contributed by atoms with E-state index >= 15 is 0 Å². The summed E-state index contributed by atoms with van der Waals surface area (Å²) in [5.41, 5.74) is 1.35. The largest absolute Gasteiger partial charge is 0.494 e. The summed E-state index contributed by atoms with van der Waals surface area (Å²) < 4.78 is 5.56. The first-order valence-electron chi connectivity index (χ1n) is 7.59. The Labute approximate surface area is 130 Å². The highest BCUT2D eigenvalue weighted by Gasteiger charge is 2.24. The molecule has 1 aromatic heterocycles. The monoisotopic (exact) mass is 302 g/mol. The minimum Gasteiger partial charge on any atom is -0.494 e. The molecule has 0 radical (unpaired) electrons. The number of hydrogen-bond acceptors (Lipinski definition) is 4. The smallest absolute Gasteiger partial charge is 0.119 e. The van der Waals surface area contributed by atoms with Gasteiger partial charge in [0.2, 0.25) is 0 Å². The molecule has 21 heavy (non-hydrogen) atoms. The normalized spacial score (nSPS) is 17.6. The number of ether oxygens (including phenoxy) is 1. The molecule has 112 valence electrons. The van der Waals surface area contributed by atoms with Gasteiger partial charge in [0.25, 0.3) is 0 Å². The fraction of sp³-hybridized carbons (Fsp3) is 0.412. The van der Waals surface area contributed by atoms with Crippen LogP contribution in [0.3, 0.4) is 0 Å². The molecule has 1 N–H and O–H groups in total. The van der Waals surface area contributed by atoms with Gasteiger partial charge in [0.15, 0.2) is 0 Å². The Morgan fingerprint density at radius 2 is 1.95 bits per heavy atom. The van der Waals surface area contributed by atoms with Crippen LogP contribution in [0, 0.1) is 0 Å². The number of rotatable bonds is 5. The summed E-state index contributed by atoms with van der Waals surface area (Å²) >= 11 is 1.84. The van der Waals surface area contributed by atoms with Gasteiger partial charge in [0.05, 0.1) is 12.6 Å². The van der Waals surface area contributed by atoms with E-state index in [1.807, 2.05) is 18.3 Å². The molecule has 1 saturated heterocycles. The van der Waals surface area contributed by atoms with E-state index in [9.17, 15) is 0 Å². The summed E-state index contributed by atoms with van der Waals surface area (Å²) in [4.78, 5) is 3.99. The Hall–Kier alpha value is -1.36. The van der Waals surface area contributed by atoms with Gasteiger partial charge in [0.1, 0.15) is 5.75 Å². The molecule has 0 bridgehead atoms. The second-order valence-electron chi connectivity index (χ2n) is 5.21. The van der Waals surface area contributed by atoms with Crippen LogP contribution in [0.1, 0.15) is 23.4 Å². The van der Waals surface area contributed by atoms with Crippen molar-refractivity contribution in [3.8, 4) is 5.75 Å². The number of benzene rings is 1. The maximum Gasteiger partial charge on any atom is 0.119 e. The molecule has 3 rings (SSSR count). The maximum absolute atomic E-state index is 5.56. The first-order chi connectivity index (χ1) is 10.4. The number of piperazine rings is 1. The zero-order chi connectivity index (χ0) is 14.5. The quantitative estimate of drug-likeness (QED) is 0.918. The van der Waals surface area contributed by atoms with Crippen molar-refractivity contribution in [2.45, 2.75) is 13.0 Å². The standard InChI is InChI=1S/C17H22N2OS/c1-2-20-15-7-5-14(6-8-15)17(16-4-3-13-21-16)19-11-9-18-10-12-19/h3-8,13,17-18H,2,9-12H2,1H3. The van der Waals surface area contributed by atoms with E-state index in [-0.39, 0.29) is 0 Å². The summed E-state index contributed by atoms with van der Waals surface area (Å²) in [5, 5.41) is 5.60. The maximum atomic E-state index is 5.56. The number of hydrogen-bond donors (Lipinski definition) is 1. The molecule has 3 nitrogen and oxygen atoms in total. The molecule has 1 unspecified atom stereocenters. The highest BCUT2D eigenvalue weighted by molar-refractivity contribution is 7.10. The lowest BCUT2D eigenvalue weighted by molar-refractivity contribution is 0.200. The average Bonchev–Trinajstić information content (AvgIpc) is 3.05. The van der Waals surface area contributed by atoms with Gasteiger partial charge in [0, 0.05) is 31.1 Å². The van der Waals surface area contributed by atoms with Crippen molar-refractivity contribution >= 4 is 11.3 Å². The second-order valence-corrected chi connectivity index (χ2v) is 6.19. The van der Waals surface area contributed by atoms with Gasteiger partial charge in [-0.25, -0.2) is 0 Å². The predicted molar refractivity (Wildman–Crippen MR) is 88.2 cm³/mol. The van der Waals surface area contributed by atoms with Crippen molar-refractivity contribution in [1.82, 2.24) is 10.2 Å². The van der Waals surface area contributed by atoms with Crippen molar-refractivity contribution in [3.05, 3.63) is 52.2 Å². The van der Waals surface area contributed by atoms with Crippen molar-refractivity contribution < 1.29 is 4.74 Å². The Morgan fingerprint density at radius 3 is 2.57 bits per heavy atom. The molecule has 0 saturated carbocycles. The number of nitrogens with one attached hydrogen (secondary N) is 1. The van der Waals surface area contributed by atoms with Crippen molar-refractivity contribution in [2.75, 3.05) is 32.8 Å². The third-order valence-corrected chi connectivity index (χ3v) is 4.76. The van der Waals surface area contributed by atoms with Crippen LogP contribution in [0.5, 0.6) is 5.75 Å². The van der Waals surface area contributed by atoms with Gasteiger partial charge >= 0.3 is 0 Å². The van der Waals surface area contributed by atoms with E-state index in [0.717, 1.165) is 31.9 Å². The van der Waals surface area contributed by atoms with E-state index in [0.29, 0.717) is 12.6 Å². The molecule has 1 atom stereocenters. The van der Waals surface area contributed by atoms with Gasteiger partial charge in [-0.15, -0.1) is 11.3 Å². The lowest BCUT2D eigenvalue weighted by Gasteiger charge is -2.34. The molecule has 1 aromatic carbocycles. The van der Waals surface area contributed by atoms with Crippen molar-refractivity contribution in [1.29, 1.82) is 0 Å².